The first-order valence-corrected chi connectivity index (χ1v) is 6.17. The first-order chi connectivity index (χ1) is 8.70. The van der Waals surface area contributed by atoms with E-state index in [1.165, 1.54) is 6.07 Å². The maximum atomic E-state index is 13.2. The Morgan fingerprint density at radius 2 is 2.17 bits per heavy atom. The highest BCUT2D eigenvalue weighted by atomic mass is 35.5. The molecule has 0 atom stereocenters. The second kappa shape index (κ2) is 4.33. The number of halogens is 2. The Bertz CT molecular complexity index is 592. The van der Waals surface area contributed by atoms with E-state index >= 15 is 0 Å². The van der Waals surface area contributed by atoms with E-state index in [9.17, 15) is 4.39 Å². The first kappa shape index (κ1) is 11.6. The van der Waals surface area contributed by atoms with Gasteiger partial charge in [0.25, 0.3) is 0 Å². The van der Waals surface area contributed by atoms with Crippen LogP contribution in [0.5, 0.6) is 0 Å². The van der Waals surface area contributed by atoms with Crippen LogP contribution in [0.25, 0.3) is 11.4 Å². The molecule has 0 aliphatic heterocycles. The summed E-state index contributed by atoms with van der Waals surface area (Å²) in [6.07, 6.45) is 2.21. The fourth-order valence-electron chi connectivity index (χ4n) is 2.01. The zero-order valence-electron chi connectivity index (χ0n) is 9.61. The Morgan fingerprint density at radius 3 is 2.78 bits per heavy atom. The van der Waals surface area contributed by atoms with Crippen LogP contribution >= 0.6 is 11.6 Å². The molecule has 1 aliphatic carbocycles. The maximum Gasteiger partial charge on any atom is 0.164 e. The predicted molar refractivity (Wildman–Crippen MR) is 66.6 cm³/mol. The largest absolute Gasteiger partial charge is 0.324 e. The van der Waals surface area contributed by atoms with Gasteiger partial charge in [-0.3, -0.25) is 0 Å². The van der Waals surface area contributed by atoms with Crippen molar-refractivity contribution in [3.63, 3.8) is 0 Å². The van der Waals surface area contributed by atoms with Gasteiger partial charge >= 0.3 is 0 Å². The smallest absolute Gasteiger partial charge is 0.164 e. The van der Waals surface area contributed by atoms with Crippen LogP contribution in [0.3, 0.4) is 0 Å². The number of benzene rings is 1. The Balaban J connectivity index is 2.10. The number of rotatable bonds is 3. The molecule has 0 bridgehead atoms. The van der Waals surface area contributed by atoms with Crippen molar-refractivity contribution < 1.29 is 4.39 Å². The molecule has 94 valence electrons. The van der Waals surface area contributed by atoms with E-state index in [1.54, 1.807) is 12.1 Å². The van der Waals surface area contributed by atoms with Gasteiger partial charge in [-0.2, -0.15) is 0 Å². The molecule has 2 N–H and O–H groups in total. The van der Waals surface area contributed by atoms with Crippen molar-refractivity contribution in [1.82, 2.24) is 14.8 Å². The molecule has 1 aromatic carbocycles. The standard InChI is InChI=1S/C12H12ClFN4/c13-9-5-7(1-4-10(9)14)12-17-16-11(6-15)18(12)8-2-3-8/h1,4-5,8H,2-3,6,15H2. The average Bonchev–Trinajstić information content (AvgIpc) is 3.12. The van der Waals surface area contributed by atoms with E-state index in [1.807, 2.05) is 4.57 Å². The van der Waals surface area contributed by atoms with E-state index in [-0.39, 0.29) is 5.02 Å². The summed E-state index contributed by atoms with van der Waals surface area (Å²) in [5.74, 6) is 1.03. The van der Waals surface area contributed by atoms with Gasteiger partial charge in [0.15, 0.2) is 5.82 Å². The highest BCUT2D eigenvalue weighted by molar-refractivity contribution is 6.31. The molecule has 0 spiro atoms. The highest BCUT2D eigenvalue weighted by Gasteiger charge is 2.29. The lowest BCUT2D eigenvalue weighted by Crippen LogP contribution is -2.08. The lowest BCUT2D eigenvalue weighted by atomic mass is 10.2. The molecule has 1 aromatic heterocycles. The minimum Gasteiger partial charge on any atom is -0.324 e. The monoisotopic (exact) mass is 266 g/mol. The van der Waals surface area contributed by atoms with Crippen LogP contribution in [0.4, 0.5) is 4.39 Å². The molecule has 3 rings (SSSR count). The van der Waals surface area contributed by atoms with Crippen molar-refractivity contribution in [2.75, 3.05) is 0 Å². The highest BCUT2D eigenvalue weighted by Crippen LogP contribution is 2.39. The summed E-state index contributed by atoms with van der Waals surface area (Å²) in [5.41, 5.74) is 6.42. The summed E-state index contributed by atoms with van der Waals surface area (Å²) in [5, 5.41) is 8.31. The molecule has 0 amide bonds. The molecule has 0 saturated heterocycles. The van der Waals surface area contributed by atoms with Crippen molar-refractivity contribution >= 4 is 11.6 Å². The van der Waals surface area contributed by atoms with Crippen LogP contribution < -0.4 is 5.73 Å². The van der Waals surface area contributed by atoms with Gasteiger partial charge in [-0.15, -0.1) is 10.2 Å². The number of aromatic nitrogens is 3. The van der Waals surface area contributed by atoms with Gasteiger partial charge in [0, 0.05) is 11.6 Å². The molecule has 4 nitrogen and oxygen atoms in total. The molecule has 1 aliphatic rings. The molecule has 2 aromatic rings. The second-order valence-corrected chi connectivity index (χ2v) is 4.78. The molecule has 6 heteroatoms. The SMILES string of the molecule is NCc1nnc(-c2ccc(F)c(Cl)c2)n1C1CC1. The van der Waals surface area contributed by atoms with Crippen LogP contribution in [0.2, 0.25) is 5.02 Å². The number of nitrogens with zero attached hydrogens (tertiary/aromatic N) is 3. The van der Waals surface area contributed by atoms with Gasteiger partial charge in [0.2, 0.25) is 0 Å². The van der Waals surface area contributed by atoms with Crippen molar-refractivity contribution in [3.8, 4) is 11.4 Å². The van der Waals surface area contributed by atoms with Crippen molar-refractivity contribution in [1.29, 1.82) is 0 Å². The number of hydrogen-bond acceptors (Lipinski definition) is 3. The maximum absolute atomic E-state index is 13.2. The minimum absolute atomic E-state index is 0.0899. The van der Waals surface area contributed by atoms with E-state index < -0.39 is 5.82 Å². The molecule has 0 unspecified atom stereocenters. The van der Waals surface area contributed by atoms with Gasteiger partial charge in [-0.1, -0.05) is 11.6 Å². The zero-order chi connectivity index (χ0) is 12.7. The fourth-order valence-corrected chi connectivity index (χ4v) is 2.19. The Hall–Kier alpha value is -1.46. The topological polar surface area (TPSA) is 56.7 Å². The summed E-state index contributed by atoms with van der Waals surface area (Å²) in [7, 11) is 0. The van der Waals surface area contributed by atoms with Gasteiger partial charge < -0.3 is 10.3 Å². The summed E-state index contributed by atoms with van der Waals surface area (Å²) < 4.78 is 15.2. The zero-order valence-corrected chi connectivity index (χ0v) is 10.4. The summed E-state index contributed by atoms with van der Waals surface area (Å²) in [6.45, 7) is 0.346. The molecule has 1 saturated carbocycles. The van der Waals surface area contributed by atoms with Crippen molar-refractivity contribution in [2.24, 2.45) is 5.73 Å². The molecule has 1 fully saturated rings. The van der Waals surface area contributed by atoms with Gasteiger partial charge in [-0.25, -0.2) is 4.39 Å². The average molecular weight is 267 g/mol. The summed E-state index contributed by atoms with van der Waals surface area (Å²) >= 11 is 5.79. The van der Waals surface area contributed by atoms with E-state index in [2.05, 4.69) is 10.2 Å². The van der Waals surface area contributed by atoms with Crippen molar-refractivity contribution in [2.45, 2.75) is 25.4 Å². The third-order valence-electron chi connectivity index (χ3n) is 3.04. The minimum atomic E-state index is -0.433. The lowest BCUT2D eigenvalue weighted by Gasteiger charge is -2.08. The summed E-state index contributed by atoms with van der Waals surface area (Å²) in [4.78, 5) is 0. The van der Waals surface area contributed by atoms with E-state index in [0.29, 0.717) is 18.4 Å². The van der Waals surface area contributed by atoms with Crippen LogP contribution in [-0.2, 0) is 6.54 Å². The van der Waals surface area contributed by atoms with Crippen LogP contribution in [0, 0.1) is 5.82 Å². The second-order valence-electron chi connectivity index (χ2n) is 4.37. The third kappa shape index (κ3) is 1.89. The quantitative estimate of drug-likeness (QED) is 0.929. The van der Waals surface area contributed by atoms with Gasteiger partial charge in [0.1, 0.15) is 11.6 Å². The number of nitrogens with two attached hydrogens (primary N) is 1. The number of hydrogen-bond donors (Lipinski definition) is 1. The van der Waals surface area contributed by atoms with Crippen LogP contribution in [0.15, 0.2) is 18.2 Å². The van der Waals surface area contributed by atoms with E-state index in [0.717, 1.165) is 24.2 Å². The normalized spacial score (nSPS) is 15.1. The third-order valence-corrected chi connectivity index (χ3v) is 3.33. The Kier molecular flexibility index (Phi) is 2.80. The first-order valence-electron chi connectivity index (χ1n) is 5.80. The fraction of sp³-hybridized carbons (Fsp3) is 0.333. The molecular weight excluding hydrogens is 255 g/mol. The van der Waals surface area contributed by atoms with Crippen LogP contribution in [-0.4, -0.2) is 14.8 Å². The van der Waals surface area contributed by atoms with Gasteiger partial charge in [-0.05, 0) is 31.0 Å². The predicted octanol–water partition coefficient (Wildman–Crippen LogP) is 2.53. The Morgan fingerprint density at radius 1 is 1.39 bits per heavy atom. The summed E-state index contributed by atoms with van der Waals surface area (Å²) in [6, 6.07) is 4.98. The van der Waals surface area contributed by atoms with Crippen molar-refractivity contribution in [3.05, 3.63) is 34.9 Å². The molecular formula is C12H12ClFN4. The molecule has 0 radical (unpaired) electrons. The Labute approximate surface area is 109 Å². The van der Waals surface area contributed by atoms with E-state index in [4.69, 9.17) is 17.3 Å². The molecule has 1 heterocycles. The van der Waals surface area contributed by atoms with Gasteiger partial charge in [0.05, 0.1) is 11.6 Å². The van der Waals surface area contributed by atoms with Crippen LogP contribution in [0.1, 0.15) is 24.7 Å². The lowest BCUT2D eigenvalue weighted by molar-refractivity contribution is 0.628. The molecule has 18 heavy (non-hydrogen) atoms.